The van der Waals surface area contributed by atoms with E-state index in [1.165, 1.54) is 16.7 Å². The highest BCUT2D eigenvalue weighted by atomic mass is 15.0. The lowest BCUT2D eigenvalue weighted by Gasteiger charge is -2.01. The summed E-state index contributed by atoms with van der Waals surface area (Å²) < 4.78 is 0. The molecular formula is C15H15N3. The molecule has 3 aromatic rings. The van der Waals surface area contributed by atoms with E-state index in [9.17, 15) is 0 Å². The Morgan fingerprint density at radius 2 is 1.72 bits per heavy atom. The number of aromatic amines is 1. The van der Waals surface area contributed by atoms with Gasteiger partial charge in [-0.05, 0) is 44.5 Å². The van der Waals surface area contributed by atoms with E-state index in [1.54, 1.807) is 6.20 Å². The van der Waals surface area contributed by atoms with Crippen molar-refractivity contribution in [2.45, 2.75) is 20.8 Å². The van der Waals surface area contributed by atoms with Crippen molar-refractivity contribution in [2.75, 3.05) is 0 Å². The van der Waals surface area contributed by atoms with E-state index >= 15 is 0 Å². The van der Waals surface area contributed by atoms with Crippen molar-refractivity contribution >= 4 is 11.2 Å². The largest absolute Gasteiger partial charge is 0.336 e. The number of hydrogen-bond acceptors (Lipinski definition) is 2. The summed E-state index contributed by atoms with van der Waals surface area (Å²) in [4.78, 5) is 12.2. The minimum atomic E-state index is 0.782. The second-order valence-corrected chi connectivity index (χ2v) is 4.79. The Balaban J connectivity index is 2.22. The Hall–Kier alpha value is -2.16. The molecule has 0 bridgehead atoms. The molecule has 1 N–H and O–H groups in total. The summed E-state index contributed by atoms with van der Waals surface area (Å²) in [7, 11) is 0. The zero-order valence-corrected chi connectivity index (χ0v) is 10.8. The van der Waals surface area contributed by atoms with Crippen LogP contribution in [0.3, 0.4) is 0 Å². The normalized spacial score (nSPS) is 11.1. The van der Waals surface area contributed by atoms with E-state index in [0.29, 0.717) is 0 Å². The number of nitrogens with one attached hydrogen (secondary N) is 1. The van der Waals surface area contributed by atoms with E-state index in [-0.39, 0.29) is 0 Å². The monoisotopic (exact) mass is 237 g/mol. The molecule has 2 heterocycles. The number of H-pyrrole nitrogens is 1. The highest BCUT2D eigenvalue weighted by Gasteiger charge is 2.08. The summed E-state index contributed by atoms with van der Waals surface area (Å²) in [5.74, 6) is 0.888. The first-order chi connectivity index (χ1) is 8.63. The van der Waals surface area contributed by atoms with Crippen LogP contribution >= 0.6 is 0 Å². The molecule has 0 saturated carbocycles. The van der Waals surface area contributed by atoms with Gasteiger partial charge in [-0.2, -0.15) is 0 Å². The molecule has 18 heavy (non-hydrogen) atoms. The summed E-state index contributed by atoms with van der Waals surface area (Å²) >= 11 is 0. The quantitative estimate of drug-likeness (QED) is 0.703. The second-order valence-electron chi connectivity index (χ2n) is 4.79. The first kappa shape index (κ1) is 11.0. The third-order valence-electron chi connectivity index (χ3n) is 3.10. The fraction of sp³-hybridized carbons (Fsp3) is 0.200. The zero-order chi connectivity index (χ0) is 12.7. The van der Waals surface area contributed by atoms with Gasteiger partial charge in [0.1, 0.15) is 5.82 Å². The number of aryl methyl sites for hydroxylation is 3. The third-order valence-corrected chi connectivity index (χ3v) is 3.10. The fourth-order valence-electron chi connectivity index (χ4n) is 2.28. The van der Waals surface area contributed by atoms with Crippen LogP contribution in [0.5, 0.6) is 0 Å². The van der Waals surface area contributed by atoms with E-state index < -0.39 is 0 Å². The number of aromatic nitrogens is 3. The molecule has 3 heteroatoms. The molecule has 0 atom stereocenters. The molecule has 0 unspecified atom stereocenters. The van der Waals surface area contributed by atoms with Gasteiger partial charge in [-0.3, -0.25) is 0 Å². The molecule has 0 spiro atoms. The molecule has 2 aromatic heterocycles. The maximum absolute atomic E-state index is 4.56. The van der Waals surface area contributed by atoms with Crippen LogP contribution in [0, 0.1) is 20.8 Å². The van der Waals surface area contributed by atoms with Gasteiger partial charge in [-0.15, -0.1) is 0 Å². The highest BCUT2D eigenvalue weighted by molar-refractivity contribution is 5.78. The average molecular weight is 237 g/mol. The van der Waals surface area contributed by atoms with Gasteiger partial charge >= 0.3 is 0 Å². The molecule has 0 amide bonds. The number of pyridine rings is 1. The number of nitrogens with zero attached hydrogens (tertiary/aromatic N) is 2. The molecule has 0 aliphatic carbocycles. The average Bonchev–Trinajstić information content (AvgIpc) is 2.73. The van der Waals surface area contributed by atoms with Crippen molar-refractivity contribution in [1.29, 1.82) is 0 Å². The molecular weight excluding hydrogens is 222 g/mol. The van der Waals surface area contributed by atoms with Crippen LogP contribution < -0.4 is 0 Å². The molecule has 1 aromatic carbocycles. The first-order valence-corrected chi connectivity index (χ1v) is 6.03. The molecule has 0 fully saturated rings. The molecule has 90 valence electrons. The lowest BCUT2D eigenvalue weighted by Crippen LogP contribution is -1.84. The van der Waals surface area contributed by atoms with E-state index in [1.807, 2.05) is 6.07 Å². The highest BCUT2D eigenvalue weighted by Crippen LogP contribution is 2.23. The Morgan fingerprint density at radius 1 is 1.00 bits per heavy atom. The Morgan fingerprint density at radius 3 is 2.39 bits per heavy atom. The predicted octanol–water partition coefficient (Wildman–Crippen LogP) is 3.55. The molecule has 3 rings (SSSR count). The number of imidazole rings is 1. The molecule has 0 saturated heterocycles. The topological polar surface area (TPSA) is 41.6 Å². The molecule has 0 radical (unpaired) electrons. The third kappa shape index (κ3) is 1.78. The van der Waals surface area contributed by atoms with Crippen molar-refractivity contribution in [3.63, 3.8) is 0 Å². The van der Waals surface area contributed by atoms with Crippen LogP contribution in [0.1, 0.15) is 16.7 Å². The van der Waals surface area contributed by atoms with Gasteiger partial charge in [0.15, 0.2) is 5.65 Å². The lowest BCUT2D eigenvalue weighted by atomic mass is 10.1. The SMILES string of the molecule is Cc1cc(C)cc(-c2nc3nccc(C)c3[nH]2)c1. The maximum Gasteiger partial charge on any atom is 0.178 e. The summed E-state index contributed by atoms with van der Waals surface area (Å²) in [6, 6.07) is 8.43. The zero-order valence-electron chi connectivity index (χ0n) is 10.8. The second kappa shape index (κ2) is 3.95. The van der Waals surface area contributed by atoms with Gasteiger partial charge in [0.05, 0.1) is 5.52 Å². The first-order valence-electron chi connectivity index (χ1n) is 6.03. The van der Waals surface area contributed by atoms with Crippen molar-refractivity contribution in [2.24, 2.45) is 0 Å². The van der Waals surface area contributed by atoms with E-state index in [2.05, 4.69) is 53.9 Å². The van der Waals surface area contributed by atoms with Gasteiger partial charge in [0.2, 0.25) is 0 Å². The summed E-state index contributed by atoms with van der Waals surface area (Å²) in [6.07, 6.45) is 1.80. The smallest absolute Gasteiger partial charge is 0.178 e. The fourth-order valence-corrected chi connectivity index (χ4v) is 2.28. The van der Waals surface area contributed by atoms with Crippen molar-refractivity contribution in [3.8, 4) is 11.4 Å². The van der Waals surface area contributed by atoms with Crippen LogP contribution in [0.2, 0.25) is 0 Å². The van der Waals surface area contributed by atoms with E-state index in [4.69, 9.17) is 0 Å². The Bertz CT molecular complexity index is 705. The van der Waals surface area contributed by atoms with Crippen LogP contribution in [-0.2, 0) is 0 Å². The maximum atomic E-state index is 4.56. The van der Waals surface area contributed by atoms with Gasteiger partial charge in [-0.25, -0.2) is 9.97 Å². The van der Waals surface area contributed by atoms with Gasteiger partial charge in [0.25, 0.3) is 0 Å². The summed E-state index contributed by atoms with van der Waals surface area (Å²) in [6.45, 7) is 6.26. The van der Waals surface area contributed by atoms with Crippen molar-refractivity contribution in [3.05, 3.63) is 47.2 Å². The standard InChI is InChI=1S/C15H15N3/c1-9-6-10(2)8-12(7-9)14-17-13-11(3)4-5-16-15(13)18-14/h4-8H,1-3H3,(H,16,17,18). The summed E-state index contributed by atoms with van der Waals surface area (Å²) in [5, 5.41) is 0. The van der Waals surface area contributed by atoms with E-state index in [0.717, 1.165) is 22.6 Å². The van der Waals surface area contributed by atoms with Crippen molar-refractivity contribution < 1.29 is 0 Å². The minimum Gasteiger partial charge on any atom is -0.336 e. The van der Waals surface area contributed by atoms with Gasteiger partial charge in [-0.1, -0.05) is 17.2 Å². The number of rotatable bonds is 1. The van der Waals surface area contributed by atoms with Crippen molar-refractivity contribution in [1.82, 2.24) is 15.0 Å². The number of hydrogen-bond donors (Lipinski definition) is 1. The number of fused-ring (bicyclic) bond motifs is 1. The van der Waals surface area contributed by atoms with Gasteiger partial charge < -0.3 is 4.98 Å². The Kier molecular flexibility index (Phi) is 2.40. The van der Waals surface area contributed by atoms with Gasteiger partial charge in [0, 0.05) is 11.8 Å². The number of benzene rings is 1. The molecule has 0 aliphatic heterocycles. The predicted molar refractivity (Wildman–Crippen MR) is 73.5 cm³/mol. The van der Waals surface area contributed by atoms with Crippen LogP contribution in [0.25, 0.3) is 22.6 Å². The van der Waals surface area contributed by atoms with Crippen LogP contribution in [0.15, 0.2) is 30.5 Å². The van der Waals surface area contributed by atoms with Crippen LogP contribution in [-0.4, -0.2) is 15.0 Å². The summed E-state index contributed by atoms with van der Waals surface area (Å²) in [5.41, 5.74) is 6.58. The molecule has 3 nitrogen and oxygen atoms in total. The lowest BCUT2D eigenvalue weighted by molar-refractivity contribution is 1.28. The Labute approximate surface area is 106 Å². The van der Waals surface area contributed by atoms with Crippen LogP contribution in [0.4, 0.5) is 0 Å². The molecule has 0 aliphatic rings. The minimum absolute atomic E-state index is 0.782.